The number of hydrogen-bond acceptors (Lipinski definition) is 4. The van der Waals surface area contributed by atoms with Crippen molar-refractivity contribution in [3.63, 3.8) is 0 Å². The highest BCUT2D eigenvalue weighted by atomic mass is 32.2. The molecule has 0 amide bonds. The molecule has 3 nitrogen and oxygen atoms in total. The zero-order chi connectivity index (χ0) is 7.78. The number of sulfone groups is 1. The lowest BCUT2D eigenvalue weighted by Crippen LogP contribution is -2.01. The Morgan fingerprint density at radius 2 is 2.30 bits per heavy atom. The molecule has 0 N–H and O–H groups in total. The molecule has 0 aromatic carbocycles. The lowest BCUT2D eigenvalue weighted by Gasteiger charge is -1.84. The van der Waals surface area contributed by atoms with Gasteiger partial charge >= 0.3 is 0 Å². The van der Waals surface area contributed by atoms with E-state index in [1.165, 1.54) is 6.92 Å². The summed E-state index contributed by atoms with van der Waals surface area (Å²) in [4.78, 5) is 3.77. The summed E-state index contributed by atoms with van der Waals surface area (Å²) in [6, 6.07) is 0. The molecule has 1 aliphatic heterocycles. The summed E-state index contributed by atoms with van der Waals surface area (Å²) in [5, 5.41) is 1.31. The molecule has 0 aliphatic carbocycles. The van der Waals surface area contributed by atoms with Crippen LogP contribution >= 0.6 is 12.6 Å². The van der Waals surface area contributed by atoms with Crippen LogP contribution in [0.1, 0.15) is 6.92 Å². The molecule has 1 rings (SSSR count). The molecule has 1 aliphatic rings. The maximum atomic E-state index is 10.9. The highest BCUT2D eigenvalue weighted by Crippen LogP contribution is 2.14. The first-order valence-electron chi connectivity index (χ1n) is 2.68. The molecular formula is C5H7NO2S2. The van der Waals surface area contributed by atoms with E-state index in [1.54, 1.807) is 0 Å². The Morgan fingerprint density at radius 1 is 1.70 bits per heavy atom. The standard InChI is InChI=1S/C5H7NO2S2/c1-4-6-5(2-9)3-10(4,7)8/h3,9H,2H2,1H3. The van der Waals surface area contributed by atoms with E-state index in [0.29, 0.717) is 11.4 Å². The third-order valence-electron chi connectivity index (χ3n) is 1.17. The van der Waals surface area contributed by atoms with Gasteiger partial charge in [0.1, 0.15) is 5.04 Å². The second-order valence-corrected chi connectivity index (χ2v) is 4.18. The van der Waals surface area contributed by atoms with Crippen LogP contribution < -0.4 is 0 Å². The van der Waals surface area contributed by atoms with Gasteiger partial charge in [-0.15, -0.1) is 0 Å². The van der Waals surface area contributed by atoms with Crippen molar-refractivity contribution in [3.05, 3.63) is 11.1 Å². The summed E-state index contributed by atoms with van der Waals surface area (Å²) in [5.74, 6) is 0.372. The van der Waals surface area contributed by atoms with Crippen molar-refractivity contribution in [2.75, 3.05) is 5.75 Å². The SMILES string of the molecule is CC1=NC(CS)=CS1(=O)=O. The Morgan fingerprint density at radius 3 is 2.50 bits per heavy atom. The van der Waals surface area contributed by atoms with Crippen LogP contribution in [0.4, 0.5) is 0 Å². The van der Waals surface area contributed by atoms with Crippen molar-refractivity contribution < 1.29 is 8.42 Å². The molecule has 0 saturated carbocycles. The monoisotopic (exact) mass is 177 g/mol. The van der Waals surface area contributed by atoms with E-state index in [4.69, 9.17) is 0 Å². The van der Waals surface area contributed by atoms with Crippen molar-refractivity contribution in [1.82, 2.24) is 0 Å². The predicted octanol–water partition coefficient (Wildman–Crippen LogP) is 0.604. The first kappa shape index (κ1) is 7.81. The molecule has 0 fully saturated rings. The molecule has 56 valence electrons. The minimum atomic E-state index is -3.15. The van der Waals surface area contributed by atoms with Crippen LogP contribution in [0.25, 0.3) is 0 Å². The average molecular weight is 177 g/mol. The van der Waals surface area contributed by atoms with Gasteiger partial charge in [-0.2, -0.15) is 12.6 Å². The summed E-state index contributed by atoms with van der Waals surface area (Å²) in [5.41, 5.74) is 0.515. The number of hydrogen-bond donors (Lipinski definition) is 1. The Balaban J connectivity index is 3.12. The fourth-order valence-corrected chi connectivity index (χ4v) is 1.82. The summed E-state index contributed by atoms with van der Waals surface area (Å²) < 4.78 is 21.8. The maximum Gasteiger partial charge on any atom is 0.214 e. The molecule has 0 bridgehead atoms. The Labute approximate surface area is 65.2 Å². The first-order valence-corrected chi connectivity index (χ1v) is 4.86. The molecule has 1 heterocycles. The third kappa shape index (κ3) is 1.24. The normalized spacial score (nSPS) is 22.2. The van der Waals surface area contributed by atoms with E-state index in [2.05, 4.69) is 17.6 Å². The van der Waals surface area contributed by atoms with E-state index >= 15 is 0 Å². The number of thiol groups is 1. The van der Waals surface area contributed by atoms with Gasteiger partial charge < -0.3 is 0 Å². The second kappa shape index (κ2) is 2.39. The van der Waals surface area contributed by atoms with Gasteiger partial charge in [0.25, 0.3) is 0 Å². The molecule has 0 saturated heterocycles. The van der Waals surface area contributed by atoms with Gasteiger partial charge in [-0.05, 0) is 6.92 Å². The summed E-state index contributed by atoms with van der Waals surface area (Å²) >= 11 is 3.89. The molecule has 10 heavy (non-hydrogen) atoms. The topological polar surface area (TPSA) is 46.5 Å². The van der Waals surface area contributed by atoms with Crippen molar-refractivity contribution in [2.45, 2.75) is 6.92 Å². The third-order valence-corrected chi connectivity index (χ3v) is 2.99. The number of nitrogens with zero attached hydrogens (tertiary/aromatic N) is 1. The summed E-state index contributed by atoms with van der Waals surface area (Å²) in [7, 11) is -3.15. The zero-order valence-corrected chi connectivity index (χ0v) is 7.11. The highest BCUT2D eigenvalue weighted by molar-refractivity contribution is 8.09. The molecule has 0 radical (unpaired) electrons. The number of rotatable bonds is 1. The van der Waals surface area contributed by atoms with Gasteiger partial charge in [0.15, 0.2) is 0 Å². The van der Waals surface area contributed by atoms with Gasteiger partial charge in [0, 0.05) is 5.75 Å². The average Bonchev–Trinajstić information content (AvgIpc) is 2.08. The lowest BCUT2D eigenvalue weighted by molar-refractivity contribution is 0.615. The van der Waals surface area contributed by atoms with Crippen LogP contribution in [0, 0.1) is 0 Å². The van der Waals surface area contributed by atoms with Crippen LogP contribution in [0.2, 0.25) is 0 Å². The van der Waals surface area contributed by atoms with Gasteiger partial charge in [-0.3, -0.25) is 0 Å². The maximum absolute atomic E-state index is 10.9. The van der Waals surface area contributed by atoms with E-state index in [9.17, 15) is 8.42 Å². The van der Waals surface area contributed by atoms with E-state index in [1.807, 2.05) is 0 Å². The Hall–Kier alpha value is -0.290. The van der Waals surface area contributed by atoms with Crippen molar-refractivity contribution in [3.8, 4) is 0 Å². The fourth-order valence-electron chi connectivity index (χ4n) is 0.629. The predicted molar refractivity (Wildman–Crippen MR) is 44.0 cm³/mol. The van der Waals surface area contributed by atoms with Crippen LogP contribution in [0.3, 0.4) is 0 Å². The number of aliphatic imine (C=N–C) groups is 1. The minimum Gasteiger partial charge on any atom is -0.244 e. The molecule has 0 atom stereocenters. The molecular weight excluding hydrogens is 170 g/mol. The van der Waals surface area contributed by atoms with Crippen LogP contribution in [-0.2, 0) is 9.84 Å². The molecule has 0 unspecified atom stereocenters. The highest BCUT2D eigenvalue weighted by Gasteiger charge is 2.19. The van der Waals surface area contributed by atoms with Crippen molar-refractivity contribution >= 4 is 27.5 Å². The smallest absolute Gasteiger partial charge is 0.214 e. The summed E-state index contributed by atoms with van der Waals surface area (Å²) in [6.07, 6.45) is 0. The van der Waals surface area contributed by atoms with Gasteiger partial charge in [-0.1, -0.05) is 0 Å². The van der Waals surface area contributed by atoms with Crippen molar-refractivity contribution in [2.24, 2.45) is 4.99 Å². The van der Waals surface area contributed by atoms with Gasteiger partial charge in [-0.25, -0.2) is 13.4 Å². The molecule has 0 spiro atoms. The fraction of sp³-hybridized carbons (Fsp3) is 0.400. The molecule has 5 heteroatoms. The van der Waals surface area contributed by atoms with Crippen molar-refractivity contribution in [1.29, 1.82) is 0 Å². The molecule has 0 aromatic rings. The lowest BCUT2D eigenvalue weighted by atomic mass is 10.6. The van der Waals surface area contributed by atoms with Gasteiger partial charge in [0.2, 0.25) is 9.84 Å². The largest absolute Gasteiger partial charge is 0.244 e. The first-order chi connectivity index (χ1) is 4.56. The van der Waals surface area contributed by atoms with Crippen LogP contribution in [0.5, 0.6) is 0 Å². The van der Waals surface area contributed by atoms with Gasteiger partial charge in [0.05, 0.1) is 11.1 Å². The Bertz CT molecular complexity index is 300. The summed E-state index contributed by atoms with van der Waals surface area (Å²) in [6.45, 7) is 1.47. The second-order valence-electron chi connectivity index (χ2n) is 1.94. The zero-order valence-electron chi connectivity index (χ0n) is 5.40. The minimum absolute atomic E-state index is 0.163. The van der Waals surface area contributed by atoms with Crippen LogP contribution in [-0.4, -0.2) is 19.2 Å². The quantitative estimate of drug-likeness (QED) is 0.596. The van der Waals surface area contributed by atoms with E-state index in [0.717, 1.165) is 5.41 Å². The van der Waals surface area contributed by atoms with E-state index in [-0.39, 0.29) is 5.04 Å². The molecule has 0 aromatic heterocycles. The van der Waals surface area contributed by atoms with E-state index < -0.39 is 9.84 Å². The van der Waals surface area contributed by atoms with Crippen LogP contribution in [0.15, 0.2) is 16.1 Å². The Kier molecular flexibility index (Phi) is 1.87.